The third-order valence-electron chi connectivity index (χ3n) is 13.8. The van der Waals surface area contributed by atoms with Gasteiger partial charge in [0.15, 0.2) is 0 Å². The van der Waals surface area contributed by atoms with E-state index in [2.05, 4.69) is 245 Å². The summed E-state index contributed by atoms with van der Waals surface area (Å²) in [6.07, 6.45) is 5.19. The van der Waals surface area contributed by atoms with Crippen LogP contribution in [0.15, 0.2) is 46.2 Å². The Labute approximate surface area is 403 Å². The average molecular weight is 1100 g/mol. The first-order chi connectivity index (χ1) is 27.1. The van der Waals surface area contributed by atoms with E-state index >= 15 is 0 Å². The van der Waals surface area contributed by atoms with Gasteiger partial charge < -0.3 is 0 Å². The number of benzene rings is 2. The summed E-state index contributed by atoms with van der Waals surface area (Å²) < 4.78 is 4.04. The van der Waals surface area contributed by atoms with Gasteiger partial charge >= 0.3 is 407 Å². The van der Waals surface area contributed by atoms with E-state index in [1.807, 2.05) is 31.0 Å². The summed E-state index contributed by atoms with van der Waals surface area (Å²) >= 11 is -4.37. The van der Waals surface area contributed by atoms with Crippen LogP contribution in [0.5, 0.6) is 0 Å². The fourth-order valence-corrected chi connectivity index (χ4v) is 93.4. The molecule has 0 unspecified atom stereocenters. The van der Waals surface area contributed by atoms with E-state index in [0.29, 0.717) is 0 Å². The molecule has 350 valence electrons. The van der Waals surface area contributed by atoms with Crippen LogP contribution < -0.4 is 8.79 Å². The molecule has 0 saturated carbocycles. The van der Waals surface area contributed by atoms with Crippen molar-refractivity contribution in [1.82, 2.24) is 0 Å². The molecule has 0 bridgehead atoms. The molecule has 0 radical (unpaired) electrons. The fourth-order valence-electron chi connectivity index (χ4n) is 13.6. The number of rotatable bonds is 14. The molecule has 2 aromatic rings. The van der Waals surface area contributed by atoms with E-state index < -0.39 is 88.3 Å². The molecule has 0 spiro atoms. The number of hydrogen-bond donors (Lipinski definition) is 0. The molecule has 10 heteroatoms. The average Bonchev–Trinajstić information content (AvgIpc) is 2.94. The van der Waals surface area contributed by atoms with Crippen LogP contribution in [0.4, 0.5) is 0 Å². The molecule has 0 atom stereocenters. The van der Waals surface area contributed by atoms with Crippen LogP contribution in [0.2, 0.25) is 157 Å². The molecule has 0 fully saturated rings. The van der Waals surface area contributed by atoms with Gasteiger partial charge in [-0.1, -0.05) is 0 Å². The molecule has 1 heterocycles. The van der Waals surface area contributed by atoms with Crippen LogP contribution in [0.25, 0.3) is 0 Å². The summed E-state index contributed by atoms with van der Waals surface area (Å²) in [4.78, 5) is 5.99. The van der Waals surface area contributed by atoms with E-state index in [1.165, 1.54) is 0 Å². The van der Waals surface area contributed by atoms with Gasteiger partial charge in [0, 0.05) is 0 Å². The zero-order chi connectivity index (χ0) is 48.7. The Hall–Kier alpha value is 0.741. The Balaban J connectivity index is 3.12. The minimum atomic E-state index is -2.18. The molecule has 0 amide bonds. The van der Waals surface area contributed by atoms with Crippen molar-refractivity contribution in [1.29, 1.82) is 0 Å². The maximum absolute atomic E-state index is 2.99. The van der Waals surface area contributed by atoms with Crippen molar-refractivity contribution in [3.05, 3.63) is 79.6 Å². The second kappa shape index (κ2) is 18.6. The zero-order valence-corrected chi connectivity index (χ0v) is 59.1. The summed E-state index contributed by atoms with van der Waals surface area (Å²) in [5, 5.41) is 2.91. The third kappa shape index (κ3) is 13.3. The predicted octanol–water partition coefficient (Wildman–Crippen LogP) is 16.0. The minimum absolute atomic E-state index is 0.105. The summed E-state index contributed by atoms with van der Waals surface area (Å²) in [7, 11) is -13.3. The first-order valence-electron chi connectivity index (χ1n) is 24.6. The van der Waals surface area contributed by atoms with Gasteiger partial charge in [0.05, 0.1) is 0 Å². The molecule has 0 aliphatic carbocycles. The molecular formula is C52H102Ge2Si8. The van der Waals surface area contributed by atoms with Gasteiger partial charge in [-0.25, -0.2) is 0 Å². The Morgan fingerprint density at radius 3 is 0.597 bits per heavy atom. The van der Waals surface area contributed by atoms with Gasteiger partial charge in [-0.3, -0.25) is 0 Å². The molecule has 0 aromatic heterocycles. The predicted molar refractivity (Wildman–Crippen MR) is 317 cm³/mol. The third-order valence-corrected chi connectivity index (χ3v) is 74.4. The fraction of sp³-hybridized carbons (Fsp3) is 0.692. The van der Waals surface area contributed by atoms with Gasteiger partial charge in [0.2, 0.25) is 0 Å². The molecule has 2 aromatic carbocycles. The van der Waals surface area contributed by atoms with Crippen molar-refractivity contribution in [3.63, 3.8) is 0 Å². The Morgan fingerprint density at radius 2 is 0.468 bits per heavy atom. The molecule has 1 aliphatic rings. The second-order valence-corrected chi connectivity index (χ2v) is 94.3. The Morgan fingerprint density at radius 1 is 0.306 bits per heavy atom. The van der Waals surface area contributed by atoms with E-state index in [9.17, 15) is 0 Å². The van der Waals surface area contributed by atoms with Gasteiger partial charge in [0.25, 0.3) is 0 Å². The maximum atomic E-state index is 2.99. The van der Waals surface area contributed by atoms with Crippen molar-refractivity contribution < 1.29 is 0 Å². The van der Waals surface area contributed by atoms with Crippen LogP contribution in [-0.4, -0.2) is 88.3 Å². The molecule has 0 saturated heterocycles. The molecule has 3 rings (SSSR count). The molecular weight excluding hydrogens is 994 g/mol. The summed E-state index contributed by atoms with van der Waals surface area (Å²) in [5.41, 5.74) is 11.0. The summed E-state index contributed by atoms with van der Waals surface area (Å²) in [5.74, 6) is 0. The molecule has 0 N–H and O–H groups in total. The van der Waals surface area contributed by atoms with Crippen molar-refractivity contribution in [3.8, 4) is 0 Å². The summed E-state index contributed by atoms with van der Waals surface area (Å²) in [6.45, 7) is 81.0. The SMILES string of the molecule is CC(C)(C)c1cc(C([Si](C)(C)C)[Si](C)(C)C)[c]([Ge]2=[Ge]([c]3c(C([Si](C)(C)C)[Si](C)(C)C)cc(C(C)(C)C)cc3C([Si](C)(C)C)[Si](C)(C)C)[CH]=CC=[CH]2)c(C([Si](C)(C)C)[Si](C)(C)C)c1. The quantitative estimate of drug-likeness (QED) is 0.165. The van der Waals surface area contributed by atoms with Crippen LogP contribution >= 0.6 is 0 Å². The standard InChI is InChI=1S/C52H102Ge2Si8/c1-51(2,3)39-35-41(47(55(7,8)9)56(10,11)12)45(42(36-39)48(57(13,14)15)58(16,17)18)53-33-31-32-34-54(53)46-43(49(59(19,20)21)60(22,23)24)37-40(52(4,5)6)38-44(46)50(61(25,26)27)62(28,29)30/h31-38,47-50H,1-30H3. The Bertz CT molecular complexity index is 1730. The zero-order valence-electron chi connectivity index (χ0n) is 46.9. The first-order valence-corrected chi connectivity index (χ1v) is 64.2. The van der Waals surface area contributed by atoms with Crippen LogP contribution in [0.3, 0.4) is 0 Å². The van der Waals surface area contributed by atoms with Crippen molar-refractivity contribution in [2.24, 2.45) is 0 Å². The van der Waals surface area contributed by atoms with Gasteiger partial charge in [-0.15, -0.1) is 0 Å². The van der Waals surface area contributed by atoms with E-state index in [1.54, 1.807) is 11.1 Å². The number of allylic oxidation sites excluding steroid dienone is 2. The molecule has 62 heavy (non-hydrogen) atoms. The van der Waals surface area contributed by atoms with Crippen molar-refractivity contribution >= 4 is 97.1 Å². The topological polar surface area (TPSA) is 0 Å². The van der Waals surface area contributed by atoms with Gasteiger partial charge in [0.1, 0.15) is 0 Å². The van der Waals surface area contributed by atoms with Crippen molar-refractivity contribution in [2.75, 3.05) is 0 Å². The Kier molecular flexibility index (Phi) is 17.1. The van der Waals surface area contributed by atoms with Crippen LogP contribution in [0, 0.1) is 0 Å². The number of hydrogen-bond acceptors (Lipinski definition) is 0. The van der Waals surface area contributed by atoms with E-state index in [0.717, 1.165) is 20.7 Å². The monoisotopic (exact) mass is 1100 g/mol. The van der Waals surface area contributed by atoms with Crippen LogP contribution in [0.1, 0.15) is 95.6 Å². The van der Waals surface area contributed by atoms with E-state index in [-0.39, 0.29) is 10.8 Å². The van der Waals surface area contributed by atoms with Gasteiger partial charge in [-0.2, -0.15) is 0 Å². The normalized spacial score (nSPS) is 16.0. The van der Waals surface area contributed by atoms with E-state index in [4.69, 9.17) is 0 Å². The molecule has 1 aliphatic heterocycles. The second-order valence-electron chi connectivity index (χ2n) is 30.8. The van der Waals surface area contributed by atoms with Crippen molar-refractivity contribution in [2.45, 2.75) is 230 Å². The summed E-state index contributed by atoms with van der Waals surface area (Å²) in [6, 6.07) is 11.6. The first kappa shape index (κ1) is 57.1. The van der Waals surface area contributed by atoms with Crippen LogP contribution in [-0.2, 0) is 10.8 Å². The molecule has 0 nitrogen and oxygen atoms in total. The van der Waals surface area contributed by atoms with Gasteiger partial charge in [-0.05, 0) is 0 Å².